The maximum Gasteiger partial charge on any atom is 0.248 e. The molecule has 1 heterocycles. The summed E-state index contributed by atoms with van der Waals surface area (Å²) >= 11 is 5.83. The van der Waals surface area contributed by atoms with Crippen LogP contribution in [0.3, 0.4) is 0 Å². The van der Waals surface area contributed by atoms with Crippen LogP contribution in [0, 0.1) is 0 Å². The van der Waals surface area contributed by atoms with Crippen molar-refractivity contribution in [2.75, 3.05) is 18.5 Å². The standard InChI is InChI=1S/C18H16ClNO3/c19-14-5-2-13(3-6-14)4-9-18(21)20-15-7-8-16-17(12-15)23-11-1-10-22-16/h2-9,12H,1,10-11H2,(H,20,21)/b9-4+. The molecule has 2 aromatic carbocycles. The normalized spacial score (nSPS) is 13.6. The van der Waals surface area contributed by atoms with E-state index in [0.29, 0.717) is 35.4 Å². The lowest BCUT2D eigenvalue weighted by molar-refractivity contribution is -0.111. The van der Waals surface area contributed by atoms with Crippen molar-refractivity contribution in [1.82, 2.24) is 0 Å². The highest BCUT2D eigenvalue weighted by Crippen LogP contribution is 2.32. The van der Waals surface area contributed by atoms with Gasteiger partial charge in [0.2, 0.25) is 5.91 Å². The highest BCUT2D eigenvalue weighted by molar-refractivity contribution is 6.30. The van der Waals surface area contributed by atoms with Crippen LogP contribution in [-0.4, -0.2) is 19.1 Å². The maximum absolute atomic E-state index is 12.0. The Kier molecular flexibility index (Phi) is 4.83. The predicted octanol–water partition coefficient (Wildman–Crippen LogP) is 4.15. The average molecular weight is 330 g/mol. The Morgan fingerprint density at radius 1 is 1.04 bits per heavy atom. The molecule has 1 N–H and O–H groups in total. The Labute approximate surface area is 139 Å². The number of amides is 1. The van der Waals surface area contributed by atoms with Crippen molar-refractivity contribution in [3.05, 3.63) is 59.1 Å². The molecule has 1 amide bonds. The van der Waals surface area contributed by atoms with Gasteiger partial charge in [0, 0.05) is 29.3 Å². The molecule has 0 saturated heterocycles. The number of halogens is 1. The third-order valence-electron chi connectivity index (χ3n) is 3.31. The van der Waals surface area contributed by atoms with Crippen LogP contribution >= 0.6 is 11.6 Å². The van der Waals surface area contributed by atoms with E-state index in [4.69, 9.17) is 21.1 Å². The smallest absolute Gasteiger partial charge is 0.248 e. The minimum Gasteiger partial charge on any atom is -0.490 e. The molecule has 0 aliphatic carbocycles. The van der Waals surface area contributed by atoms with Crippen LogP contribution in [0.25, 0.3) is 6.08 Å². The monoisotopic (exact) mass is 329 g/mol. The fourth-order valence-corrected chi connectivity index (χ4v) is 2.30. The van der Waals surface area contributed by atoms with E-state index >= 15 is 0 Å². The number of hydrogen-bond acceptors (Lipinski definition) is 3. The fraction of sp³-hybridized carbons (Fsp3) is 0.167. The van der Waals surface area contributed by atoms with E-state index in [9.17, 15) is 4.79 Å². The zero-order chi connectivity index (χ0) is 16.1. The lowest BCUT2D eigenvalue weighted by atomic mass is 10.2. The van der Waals surface area contributed by atoms with Crippen molar-refractivity contribution in [3.8, 4) is 11.5 Å². The zero-order valence-corrected chi connectivity index (χ0v) is 13.2. The molecule has 0 aromatic heterocycles. The van der Waals surface area contributed by atoms with Gasteiger partial charge in [0.15, 0.2) is 11.5 Å². The summed E-state index contributed by atoms with van der Waals surface area (Å²) in [7, 11) is 0. The minimum atomic E-state index is -0.213. The van der Waals surface area contributed by atoms with Crippen molar-refractivity contribution in [3.63, 3.8) is 0 Å². The number of ether oxygens (including phenoxy) is 2. The first kappa shape index (κ1) is 15.4. The summed E-state index contributed by atoms with van der Waals surface area (Å²) in [6.07, 6.45) is 4.06. The highest BCUT2D eigenvalue weighted by Gasteiger charge is 2.11. The van der Waals surface area contributed by atoms with Crippen molar-refractivity contribution >= 4 is 29.3 Å². The van der Waals surface area contributed by atoms with E-state index in [-0.39, 0.29) is 5.91 Å². The molecule has 2 aromatic rings. The zero-order valence-electron chi connectivity index (χ0n) is 12.4. The lowest BCUT2D eigenvalue weighted by Crippen LogP contribution is -2.07. The Bertz CT molecular complexity index is 726. The van der Waals surface area contributed by atoms with Gasteiger partial charge >= 0.3 is 0 Å². The van der Waals surface area contributed by atoms with Gasteiger partial charge in [-0.25, -0.2) is 0 Å². The van der Waals surface area contributed by atoms with E-state index in [2.05, 4.69) is 5.32 Å². The van der Waals surface area contributed by atoms with E-state index in [1.54, 1.807) is 36.4 Å². The molecule has 118 valence electrons. The molecule has 1 aliphatic rings. The molecule has 4 nitrogen and oxygen atoms in total. The number of fused-ring (bicyclic) bond motifs is 1. The summed E-state index contributed by atoms with van der Waals surface area (Å²) in [6.45, 7) is 1.25. The Hall–Kier alpha value is -2.46. The Balaban J connectivity index is 1.65. The average Bonchev–Trinajstić information content (AvgIpc) is 2.79. The van der Waals surface area contributed by atoms with Gasteiger partial charge in [0.1, 0.15) is 0 Å². The summed E-state index contributed by atoms with van der Waals surface area (Å²) in [5.74, 6) is 1.15. The quantitative estimate of drug-likeness (QED) is 0.860. The van der Waals surface area contributed by atoms with Crippen LogP contribution in [0.2, 0.25) is 5.02 Å². The van der Waals surface area contributed by atoms with Crippen molar-refractivity contribution in [2.24, 2.45) is 0 Å². The van der Waals surface area contributed by atoms with E-state index in [1.165, 1.54) is 6.08 Å². The maximum atomic E-state index is 12.0. The number of rotatable bonds is 3. The van der Waals surface area contributed by atoms with Gasteiger partial charge in [-0.3, -0.25) is 4.79 Å². The summed E-state index contributed by atoms with van der Waals surface area (Å²) in [5, 5.41) is 3.47. The summed E-state index contributed by atoms with van der Waals surface area (Å²) in [4.78, 5) is 12.0. The van der Waals surface area contributed by atoms with Gasteiger partial charge < -0.3 is 14.8 Å². The SMILES string of the molecule is O=C(/C=C/c1ccc(Cl)cc1)Nc1ccc2c(c1)OCCCO2. The Morgan fingerprint density at radius 3 is 2.57 bits per heavy atom. The number of nitrogens with one attached hydrogen (secondary N) is 1. The third kappa shape index (κ3) is 4.27. The number of anilines is 1. The van der Waals surface area contributed by atoms with Crippen LogP contribution in [0.15, 0.2) is 48.5 Å². The summed E-state index contributed by atoms with van der Waals surface area (Å²) in [5.41, 5.74) is 1.57. The summed E-state index contributed by atoms with van der Waals surface area (Å²) in [6, 6.07) is 12.6. The van der Waals surface area contributed by atoms with Gasteiger partial charge in [-0.1, -0.05) is 23.7 Å². The first-order chi connectivity index (χ1) is 11.2. The topological polar surface area (TPSA) is 47.6 Å². The van der Waals surface area contributed by atoms with Gasteiger partial charge in [-0.15, -0.1) is 0 Å². The number of hydrogen-bond donors (Lipinski definition) is 1. The fourth-order valence-electron chi connectivity index (χ4n) is 2.17. The molecule has 0 fully saturated rings. The molecule has 23 heavy (non-hydrogen) atoms. The van der Waals surface area contributed by atoms with Crippen LogP contribution < -0.4 is 14.8 Å². The van der Waals surface area contributed by atoms with Crippen molar-refractivity contribution < 1.29 is 14.3 Å². The van der Waals surface area contributed by atoms with Crippen molar-refractivity contribution in [1.29, 1.82) is 0 Å². The van der Waals surface area contributed by atoms with E-state index in [1.807, 2.05) is 12.1 Å². The minimum absolute atomic E-state index is 0.213. The predicted molar refractivity (Wildman–Crippen MR) is 91.2 cm³/mol. The second-order valence-electron chi connectivity index (χ2n) is 5.09. The molecule has 0 unspecified atom stereocenters. The largest absolute Gasteiger partial charge is 0.490 e. The molecular formula is C18H16ClNO3. The van der Waals surface area contributed by atoms with Gasteiger partial charge in [0.25, 0.3) is 0 Å². The molecular weight excluding hydrogens is 314 g/mol. The molecule has 0 bridgehead atoms. The molecule has 0 spiro atoms. The summed E-state index contributed by atoms with van der Waals surface area (Å²) < 4.78 is 11.2. The van der Waals surface area contributed by atoms with Crippen LogP contribution in [-0.2, 0) is 4.79 Å². The molecule has 1 aliphatic heterocycles. The second kappa shape index (κ2) is 7.20. The van der Waals surface area contributed by atoms with Crippen LogP contribution in [0.4, 0.5) is 5.69 Å². The molecule has 0 radical (unpaired) electrons. The number of carbonyl (C=O) groups excluding carboxylic acids is 1. The second-order valence-corrected chi connectivity index (χ2v) is 5.52. The molecule has 3 rings (SSSR count). The molecule has 0 saturated carbocycles. The van der Waals surface area contributed by atoms with Crippen LogP contribution in [0.5, 0.6) is 11.5 Å². The van der Waals surface area contributed by atoms with Gasteiger partial charge in [-0.2, -0.15) is 0 Å². The van der Waals surface area contributed by atoms with Crippen LogP contribution in [0.1, 0.15) is 12.0 Å². The molecule has 5 heteroatoms. The number of carbonyl (C=O) groups is 1. The first-order valence-electron chi connectivity index (χ1n) is 7.35. The first-order valence-corrected chi connectivity index (χ1v) is 7.73. The van der Waals surface area contributed by atoms with Gasteiger partial charge in [0.05, 0.1) is 13.2 Å². The lowest BCUT2D eigenvalue weighted by Gasteiger charge is -2.09. The van der Waals surface area contributed by atoms with Gasteiger partial charge in [-0.05, 0) is 35.9 Å². The van der Waals surface area contributed by atoms with E-state index in [0.717, 1.165) is 12.0 Å². The number of benzene rings is 2. The highest BCUT2D eigenvalue weighted by atomic mass is 35.5. The van der Waals surface area contributed by atoms with E-state index < -0.39 is 0 Å². The van der Waals surface area contributed by atoms with Crippen molar-refractivity contribution in [2.45, 2.75) is 6.42 Å². The Morgan fingerprint density at radius 2 is 1.78 bits per heavy atom. The molecule has 0 atom stereocenters. The third-order valence-corrected chi connectivity index (χ3v) is 3.56.